The molecule has 46 heavy (non-hydrogen) atoms. The Morgan fingerprint density at radius 1 is 1.09 bits per heavy atom. The van der Waals surface area contributed by atoms with Gasteiger partial charge in [-0.05, 0) is 86.1 Å². The van der Waals surface area contributed by atoms with E-state index < -0.39 is 17.7 Å². The lowest BCUT2D eigenvalue weighted by atomic mass is 9.94. The summed E-state index contributed by atoms with van der Waals surface area (Å²) in [5.74, 6) is -0.958. The maximum absolute atomic E-state index is 17.0. The Hall–Kier alpha value is -4.34. The van der Waals surface area contributed by atoms with Gasteiger partial charge < -0.3 is 24.2 Å². The summed E-state index contributed by atoms with van der Waals surface area (Å²) in [6.45, 7) is 5.32. The van der Waals surface area contributed by atoms with Gasteiger partial charge in [0.25, 0.3) is 0 Å². The number of rotatable bonds is 7. The molecule has 1 unspecified atom stereocenters. The first-order chi connectivity index (χ1) is 22.4. The molecule has 3 fully saturated rings. The van der Waals surface area contributed by atoms with Crippen LogP contribution in [0.3, 0.4) is 0 Å². The number of aromatic hydroxyl groups is 1. The fraction of sp³-hybridized carbons (Fsp3) is 0.471. The molecule has 1 atom stereocenters. The van der Waals surface area contributed by atoms with E-state index in [0.717, 1.165) is 38.8 Å². The first-order valence-corrected chi connectivity index (χ1v) is 15.9. The van der Waals surface area contributed by atoms with Crippen molar-refractivity contribution in [1.82, 2.24) is 19.9 Å². The molecule has 3 saturated heterocycles. The number of hydrogen-bond donors (Lipinski definition) is 1. The molecule has 1 N–H and O–H groups in total. The average molecular weight is 631 g/mol. The van der Waals surface area contributed by atoms with Crippen LogP contribution >= 0.6 is 0 Å². The number of ether oxygens (including phenoxy) is 3. The van der Waals surface area contributed by atoms with Crippen molar-refractivity contribution in [3.05, 3.63) is 41.5 Å². The molecule has 12 heteroatoms. The molecular weight excluding hydrogens is 594 g/mol. The minimum atomic E-state index is -0.785. The maximum Gasteiger partial charge on any atom is 0.319 e. The summed E-state index contributed by atoms with van der Waals surface area (Å²) in [5, 5.41) is 21.6. The zero-order valence-corrected chi connectivity index (χ0v) is 26.0. The number of pyridine rings is 1. The van der Waals surface area contributed by atoms with Crippen molar-refractivity contribution in [2.45, 2.75) is 57.1 Å². The molecular formula is C34H36F2N6O4. The summed E-state index contributed by atoms with van der Waals surface area (Å²) in [6, 6.07) is 7.98. The third kappa shape index (κ3) is 5.11. The number of aryl methyl sites for hydroxylation is 1. The fourth-order valence-electron chi connectivity index (χ4n) is 7.51. The predicted octanol–water partition coefficient (Wildman–Crippen LogP) is 5.53. The van der Waals surface area contributed by atoms with Crippen LogP contribution in [0.1, 0.15) is 44.6 Å². The first-order valence-electron chi connectivity index (χ1n) is 15.9. The Labute approximate surface area is 265 Å². The molecule has 7 rings (SSSR count). The molecule has 2 aromatic heterocycles. The van der Waals surface area contributed by atoms with Gasteiger partial charge in [0.05, 0.1) is 31.9 Å². The van der Waals surface area contributed by atoms with Gasteiger partial charge >= 0.3 is 6.01 Å². The molecule has 4 aromatic rings. The van der Waals surface area contributed by atoms with Gasteiger partial charge in [-0.2, -0.15) is 15.2 Å². The zero-order valence-electron chi connectivity index (χ0n) is 26.0. The largest absolute Gasteiger partial charge is 0.508 e. The summed E-state index contributed by atoms with van der Waals surface area (Å²) in [7, 11) is 1.42. The van der Waals surface area contributed by atoms with E-state index in [1.165, 1.54) is 25.3 Å². The maximum atomic E-state index is 17.0. The zero-order chi connectivity index (χ0) is 32.0. The first kappa shape index (κ1) is 30.3. The minimum Gasteiger partial charge on any atom is -0.508 e. The molecule has 240 valence electrons. The average Bonchev–Trinajstić information content (AvgIpc) is 3.55. The van der Waals surface area contributed by atoms with Gasteiger partial charge in [0, 0.05) is 12.1 Å². The van der Waals surface area contributed by atoms with Crippen molar-refractivity contribution >= 4 is 27.5 Å². The highest BCUT2D eigenvalue weighted by Gasteiger charge is 2.45. The van der Waals surface area contributed by atoms with Gasteiger partial charge in [-0.25, -0.2) is 13.8 Å². The molecule has 0 bridgehead atoms. The number of anilines is 1. The Balaban J connectivity index is 1.44. The van der Waals surface area contributed by atoms with E-state index in [-0.39, 0.29) is 51.9 Å². The van der Waals surface area contributed by atoms with Crippen LogP contribution in [0.15, 0.2) is 24.3 Å². The molecule has 5 heterocycles. The Morgan fingerprint density at radius 3 is 2.63 bits per heavy atom. The van der Waals surface area contributed by atoms with Gasteiger partial charge in [-0.1, -0.05) is 13.0 Å². The van der Waals surface area contributed by atoms with Crippen LogP contribution in [0.25, 0.3) is 32.9 Å². The van der Waals surface area contributed by atoms with Gasteiger partial charge in [0.2, 0.25) is 5.88 Å². The monoisotopic (exact) mass is 630 g/mol. The third-order valence-electron chi connectivity index (χ3n) is 9.67. The molecule has 0 radical (unpaired) electrons. The number of aromatic nitrogens is 3. The number of methoxy groups -OCH3 is 1. The fourth-order valence-corrected chi connectivity index (χ4v) is 7.51. The van der Waals surface area contributed by atoms with Crippen LogP contribution in [0.5, 0.6) is 17.6 Å². The van der Waals surface area contributed by atoms with Gasteiger partial charge in [0.1, 0.15) is 40.6 Å². The van der Waals surface area contributed by atoms with Crippen LogP contribution in [0, 0.1) is 23.0 Å². The van der Waals surface area contributed by atoms with E-state index >= 15 is 8.78 Å². The quantitative estimate of drug-likeness (QED) is 0.280. The summed E-state index contributed by atoms with van der Waals surface area (Å²) >= 11 is 0. The minimum absolute atomic E-state index is 0.00783. The number of hydrogen-bond acceptors (Lipinski definition) is 10. The topological polar surface area (TPSA) is 117 Å². The molecule has 10 nitrogen and oxygen atoms in total. The molecule has 3 aliphatic heterocycles. The van der Waals surface area contributed by atoms with E-state index in [2.05, 4.69) is 20.9 Å². The van der Waals surface area contributed by atoms with E-state index in [0.29, 0.717) is 54.8 Å². The van der Waals surface area contributed by atoms with Gasteiger partial charge in [-0.15, -0.1) is 0 Å². The summed E-state index contributed by atoms with van der Waals surface area (Å²) in [4.78, 5) is 18.3. The normalized spacial score (nSPS) is 19.7. The number of nitrogens with zero attached hydrogens (tertiary/aromatic N) is 6. The summed E-state index contributed by atoms with van der Waals surface area (Å²) in [6.07, 6.45) is 4.45. The summed E-state index contributed by atoms with van der Waals surface area (Å²) < 4.78 is 49.9. The third-order valence-corrected chi connectivity index (χ3v) is 9.67. The van der Waals surface area contributed by atoms with Crippen molar-refractivity contribution in [2.24, 2.45) is 0 Å². The highest BCUT2D eigenvalue weighted by molar-refractivity contribution is 6.03. The van der Waals surface area contributed by atoms with Crippen LogP contribution in [-0.4, -0.2) is 83.1 Å². The SMILES string of the molecule is CCc1c(F)ccc2cc(O)cc(-c3nc(OC)c4c(N5CCCOC(C#N)C5)nc(OCC56CCCN5CCC6)nc4c3F)c12. The van der Waals surface area contributed by atoms with Crippen molar-refractivity contribution < 1.29 is 28.1 Å². The number of nitriles is 1. The van der Waals surface area contributed by atoms with E-state index in [4.69, 9.17) is 19.2 Å². The standard InChI is InChI=1S/C34H36F2N6O4/c1-3-23-25(35)8-7-20-15-21(43)16-24(26(20)23)29-28(36)30-27(32(38-29)44-2)31(41-11-6-14-45-22(17-37)18-41)40-33(39-30)46-19-34-9-4-12-42(34)13-5-10-34/h7-8,15-16,22,43H,3-6,9-14,18-19H2,1-2H3. The molecule has 0 saturated carbocycles. The second kappa shape index (κ2) is 12.1. The molecule has 0 spiro atoms. The Bertz CT molecular complexity index is 1850. The lowest BCUT2D eigenvalue weighted by Crippen LogP contribution is -2.43. The second-order valence-corrected chi connectivity index (χ2v) is 12.3. The second-order valence-electron chi connectivity index (χ2n) is 12.3. The highest BCUT2D eigenvalue weighted by atomic mass is 19.1. The van der Waals surface area contributed by atoms with Crippen molar-refractivity contribution in [2.75, 3.05) is 51.4 Å². The predicted molar refractivity (Wildman–Crippen MR) is 168 cm³/mol. The molecule has 0 amide bonds. The van der Waals surface area contributed by atoms with Crippen LogP contribution in [-0.2, 0) is 11.2 Å². The Morgan fingerprint density at radius 2 is 1.89 bits per heavy atom. The van der Waals surface area contributed by atoms with Crippen molar-refractivity contribution in [1.29, 1.82) is 5.26 Å². The number of fused-ring (bicyclic) bond motifs is 3. The van der Waals surface area contributed by atoms with Gasteiger partial charge in [0.15, 0.2) is 11.9 Å². The smallest absolute Gasteiger partial charge is 0.319 e. The van der Waals surface area contributed by atoms with Crippen LogP contribution < -0.4 is 14.4 Å². The summed E-state index contributed by atoms with van der Waals surface area (Å²) in [5.41, 5.74) is 0.266. The number of phenols is 1. The van der Waals surface area contributed by atoms with E-state index in [1.54, 1.807) is 6.07 Å². The van der Waals surface area contributed by atoms with Crippen molar-refractivity contribution in [3.8, 4) is 35.0 Å². The van der Waals surface area contributed by atoms with Gasteiger partial charge in [-0.3, -0.25) is 4.90 Å². The number of benzene rings is 2. The van der Waals surface area contributed by atoms with Crippen LogP contribution in [0.4, 0.5) is 14.6 Å². The lowest BCUT2D eigenvalue weighted by Gasteiger charge is -2.31. The molecule has 0 aliphatic carbocycles. The van der Waals surface area contributed by atoms with Crippen molar-refractivity contribution in [3.63, 3.8) is 0 Å². The number of phenolic OH excluding ortho intramolecular Hbond substituents is 1. The molecule has 3 aliphatic rings. The molecule has 2 aromatic carbocycles. The van der Waals surface area contributed by atoms with E-state index in [9.17, 15) is 10.4 Å². The lowest BCUT2D eigenvalue weighted by molar-refractivity contribution is 0.106. The number of halogens is 2. The highest BCUT2D eigenvalue weighted by Crippen LogP contribution is 2.43. The van der Waals surface area contributed by atoms with Crippen LogP contribution in [0.2, 0.25) is 0 Å². The Kier molecular flexibility index (Phi) is 7.98. The van der Waals surface area contributed by atoms with E-state index in [1.807, 2.05) is 11.8 Å².